The second kappa shape index (κ2) is 2.55. The number of phenols is 1. The fraction of sp³-hybridized carbons (Fsp3) is 0. The Morgan fingerprint density at radius 2 is 2.00 bits per heavy atom. The molecule has 0 aliphatic carbocycles. The van der Waals surface area contributed by atoms with Crippen LogP contribution in [0.5, 0.6) is 5.75 Å². The molecule has 0 fully saturated rings. The topological polar surface area (TPSA) is 37.3 Å². The second-order valence-electron chi connectivity index (χ2n) is 1.62. The van der Waals surface area contributed by atoms with Crippen LogP contribution in [-0.2, 0) is 4.46 Å². The van der Waals surface area contributed by atoms with Crippen LogP contribution in [0.2, 0.25) is 0 Å². The van der Waals surface area contributed by atoms with Gasteiger partial charge >= 0.3 is 9.41 Å². The van der Waals surface area contributed by atoms with Gasteiger partial charge in [0.1, 0.15) is 5.75 Å². The number of para-hydroxylation sites is 1. The fourth-order valence-corrected chi connectivity index (χ4v) is 0.912. The first-order chi connectivity index (χ1) is 4.34. The molecule has 1 radical (unpaired) electrons. The summed E-state index contributed by atoms with van der Waals surface area (Å²) in [5.74, 6) is 0.103. The molecule has 9 heavy (non-hydrogen) atoms. The third-order valence-electron chi connectivity index (χ3n) is 1.01. The molecule has 0 heterocycles. The zero-order valence-electron chi connectivity index (χ0n) is 4.66. The van der Waals surface area contributed by atoms with Gasteiger partial charge in [-0.25, -0.2) is 0 Å². The highest BCUT2D eigenvalue weighted by Crippen LogP contribution is 1.99. The van der Waals surface area contributed by atoms with Crippen molar-refractivity contribution < 1.29 is 9.57 Å². The van der Waals surface area contributed by atoms with Gasteiger partial charge in [-0.3, -0.25) is 0 Å². The van der Waals surface area contributed by atoms with Crippen LogP contribution in [0.3, 0.4) is 0 Å². The highest BCUT2D eigenvalue weighted by molar-refractivity contribution is 6.40. The van der Waals surface area contributed by atoms with Crippen molar-refractivity contribution in [3.05, 3.63) is 24.3 Å². The van der Waals surface area contributed by atoms with Crippen LogP contribution in [0.4, 0.5) is 0 Å². The Bertz CT molecular complexity index is 222. The molecule has 45 valence electrons. The van der Waals surface area contributed by atoms with E-state index in [1.54, 1.807) is 18.2 Å². The monoisotopic (exact) mass is 137 g/mol. The Morgan fingerprint density at radius 1 is 1.33 bits per heavy atom. The molecule has 2 nitrogen and oxygen atoms in total. The molecule has 0 atom stereocenters. The zero-order chi connectivity index (χ0) is 6.69. The highest BCUT2D eigenvalue weighted by atomic mass is 28.2. The van der Waals surface area contributed by atoms with Crippen LogP contribution >= 0.6 is 0 Å². The summed E-state index contributed by atoms with van der Waals surface area (Å²) in [5, 5.41) is 9.40. The van der Waals surface area contributed by atoms with Gasteiger partial charge < -0.3 is 9.57 Å². The first-order valence-electron chi connectivity index (χ1n) is 2.51. The molecule has 0 saturated heterocycles. The van der Waals surface area contributed by atoms with Gasteiger partial charge in [0.05, 0.1) is 0 Å². The van der Waals surface area contributed by atoms with E-state index in [2.05, 4.69) is 0 Å². The molecular formula is C6H5O2Si. The van der Waals surface area contributed by atoms with Crippen LogP contribution in [-0.4, -0.2) is 14.5 Å². The summed E-state index contributed by atoms with van der Waals surface area (Å²) < 4.78 is 10.2. The molecule has 1 aromatic carbocycles. The highest BCUT2D eigenvalue weighted by Gasteiger charge is 1.95. The van der Waals surface area contributed by atoms with Gasteiger partial charge in [-0.2, -0.15) is 0 Å². The molecule has 0 aliphatic heterocycles. The first kappa shape index (κ1) is 6.16. The maximum absolute atomic E-state index is 10.2. The van der Waals surface area contributed by atoms with Crippen molar-refractivity contribution in [2.24, 2.45) is 0 Å². The molecule has 0 aromatic heterocycles. The van der Waals surface area contributed by atoms with Gasteiger partial charge in [-0.15, -0.1) is 0 Å². The van der Waals surface area contributed by atoms with E-state index in [-0.39, 0.29) is 5.75 Å². The standard InChI is InChI=1S/C6H5O2Si/c7-5-3-1-2-4-6(5)9-8/h1-4,7H. The molecule has 1 aromatic rings. The molecule has 1 N–H and O–H groups in total. The van der Waals surface area contributed by atoms with Gasteiger partial charge in [-0.1, -0.05) is 18.2 Å². The van der Waals surface area contributed by atoms with Crippen LogP contribution in [0.15, 0.2) is 24.3 Å². The molecule has 1 rings (SSSR count). The largest absolute Gasteiger partial charge is 0.508 e. The smallest absolute Gasteiger partial charge is 0.369 e. The van der Waals surface area contributed by atoms with Crippen LogP contribution in [0.25, 0.3) is 0 Å². The maximum Gasteiger partial charge on any atom is 0.369 e. The number of benzene rings is 1. The average molecular weight is 137 g/mol. The van der Waals surface area contributed by atoms with Crippen LogP contribution in [0, 0.1) is 0 Å². The van der Waals surface area contributed by atoms with Crippen molar-refractivity contribution in [2.45, 2.75) is 0 Å². The SMILES string of the molecule is O=[Si]c1ccccc1O. The predicted molar refractivity (Wildman–Crippen MR) is 34.2 cm³/mol. The number of phenolic OH excluding ortho intramolecular Hbond substituents is 1. The number of hydrogen-bond acceptors (Lipinski definition) is 2. The lowest BCUT2D eigenvalue weighted by atomic mass is 10.3. The lowest BCUT2D eigenvalue weighted by Gasteiger charge is -1.90. The Labute approximate surface area is 55.0 Å². The maximum atomic E-state index is 10.2. The Hall–Kier alpha value is -0.963. The predicted octanol–water partition coefficient (Wildman–Crippen LogP) is 0.0672. The third kappa shape index (κ3) is 1.23. The van der Waals surface area contributed by atoms with Crippen molar-refractivity contribution in [3.63, 3.8) is 0 Å². The van der Waals surface area contributed by atoms with Crippen molar-refractivity contribution in [3.8, 4) is 5.75 Å². The second-order valence-corrected chi connectivity index (χ2v) is 2.36. The van der Waals surface area contributed by atoms with Gasteiger partial charge in [0.15, 0.2) is 0 Å². The molecule has 0 saturated carbocycles. The summed E-state index contributed by atoms with van der Waals surface area (Å²) >= 11 is 0. The lowest BCUT2D eigenvalue weighted by Crippen LogP contribution is -2.04. The number of rotatable bonds is 1. The normalized spacial score (nSPS) is 8.89. The molecule has 0 amide bonds. The average Bonchev–Trinajstić information content (AvgIpc) is 1.89. The summed E-state index contributed by atoms with van der Waals surface area (Å²) in [5.41, 5.74) is 0. The van der Waals surface area contributed by atoms with Crippen molar-refractivity contribution >= 4 is 14.6 Å². The van der Waals surface area contributed by atoms with Crippen LogP contribution < -0.4 is 5.19 Å². The van der Waals surface area contributed by atoms with E-state index in [0.29, 0.717) is 5.19 Å². The Kier molecular flexibility index (Phi) is 1.74. The minimum Gasteiger partial charge on any atom is -0.508 e. The molecule has 0 spiro atoms. The van der Waals surface area contributed by atoms with Gasteiger partial charge in [-0.05, 0) is 6.07 Å². The third-order valence-corrected chi connectivity index (χ3v) is 1.66. The molecule has 0 bridgehead atoms. The van der Waals surface area contributed by atoms with Crippen molar-refractivity contribution in [1.29, 1.82) is 0 Å². The van der Waals surface area contributed by atoms with E-state index in [1.165, 1.54) is 6.07 Å². The lowest BCUT2D eigenvalue weighted by molar-refractivity contribution is 0.478. The molecule has 3 heteroatoms. The quantitative estimate of drug-likeness (QED) is 0.556. The summed E-state index contributed by atoms with van der Waals surface area (Å²) in [7, 11) is -0.571. The summed E-state index contributed by atoms with van der Waals surface area (Å²) in [6.07, 6.45) is 0. The first-order valence-corrected chi connectivity index (χ1v) is 3.41. The summed E-state index contributed by atoms with van der Waals surface area (Å²) in [6, 6.07) is 6.57. The van der Waals surface area contributed by atoms with E-state index in [4.69, 9.17) is 5.11 Å². The molecular weight excluding hydrogens is 132 g/mol. The summed E-state index contributed by atoms with van der Waals surface area (Å²) in [6.45, 7) is 0. The number of hydrogen-bond donors (Lipinski definition) is 1. The van der Waals surface area contributed by atoms with Crippen LogP contribution in [0.1, 0.15) is 0 Å². The van der Waals surface area contributed by atoms with E-state index >= 15 is 0 Å². The van der Waals surface area contributed by atoms with E-state index in [0.717, 1.165) is 0 Å². The Morgan fingerprint density at radius 3 is 2.44 bits per heavy atom. The van der Waals surface area contributed by atoms with Gasteiger partial charge in [0.2, 0.25) is 0 Å². The number of aromatic hydroxyl groups is 1. The molecule has 0 aliphatic rings. The minimum atomic E-state index is -0.571. The minimum absolute atomic E-state index is 0.103. The van der Waals surface area contributed by atoms with Crippen molar-refractivity contribution in [1.82, 2.24) is 0 Å². The van der Waals surface area contributed by atoms with Gasteiger partial charge in [0, 0.05) is 5.19 Å². The molecule has 0 unspecified atom stereocenters. The zero-order valence-corrected chi connectivity index (χ0v) is 5.66. The van der Waals surface area contributed by atoms with E-state index in [9.17, 15) is 4.46 Å². The van der Waals surface area contributed by atoms with E-state index in [1.807, 2.05) is 0 Å². The Balaban J connectivity index is 3.15. The van der Waals surface area contributed by atoms with E-state index < -0.39 is 9.41 Å². The van der Waals surface area contributed by atoms with Crippen molar-refractivity contribution in [2.75, 3.05) is 0 Å². The summed E-state index contributed by atoms with van der Waals surface area (Å²) in [4.78, 5) is 0. The fourth-order valence-electron chi connectivity index (χ4n) is 0.560. The van der Waals surface area contributed by atoms with Gasteiger partial charge in [0.25, 0.3) is 0 Å².